The summed E-state index contributed by atoms with van der Waals surface area (Å²) in [5.41, 5.74) is 1.62. The molecule has 1 heterocycles. The summed E-state index contributed by atoms with van der Waals surface area (Å²) in [7, 11) is 0. The highest BCUT2D eigenvalue weighted by atomic mass is 16.5. The van der Waals surface area contributed by atoms with Crippen LogP contribution < -0.4 is 10.1 Å². The van der Waals surface area contributed by atoms with Gasteiger partial charge in [-0.05, 0) is 43.9 Å². The predicted octanol–water partition coefficient (Wildman–Crippen LogP) is 2.25. The van der Waals surface area contributed by atoms with Crippen molar-refractivity contribution < 1.29 is 9.53 Å². The zero-order valence-corrected chi connectivity index (χ0v) is 10.2. The van der Waals surface area contributed by atoms with Gasteiger partial charge in [0.25, 0.3) is 5.91 Å². The van der Waals surface area contributed by atoms with E-state index in [9.17, 15) is 4.79 Å². The molecule has 2 aliphatic rings. The van der Waals surface area contributed by atoms with E-state index >= 15 is 0 Å². The van der Waals surface area contributed by atoms with Crippen LogP contribution >= 0.6 is 0 Å². The van der Waals surface area contributed by atoms with Gasteiger partial charge in [-0.2, -0.15) is 5.26 Å². The lowest BCUT2D eigenvalue weighted by Crippen LogP contribution is -2.34. The van der Waals surface area contributed by atoms with Crippen LogP contribution in [-0.2, 0) is 11.2 Å². The minimum atomic E-state index is -0.447. The third kappa shape index (κ3) is 1.82. The number of carbonyl (C=O) groups excluding carboxylic acids is 1. The molecule has 0 saturated heterocycles. The van der Waals surface area contributed by atoms with Gasteiger partial charge in [-0.3, -0.25) is 4.79 Å². The molecule has 92 valence electrons. The van der Waals surface area contributed by atoms with Gasteiger partial charge in [-0.25, -0.2) is 0 Å². The number of hydrogen-bond donors (Lipinski definition) is 1. The molecular weight excluding hydrogens is 228 g/mol. The number of carbonyl (C=O) groups is 1. The second kappa shape index (κ2) is 3.74. The molecule has 1 saturated carbocycles. The van der Waals surface area contributed by atoms with Crippen molar-refractivity contribution >= 4 is 11.6 Å². The van der Waals surface area contributed by atoms with Gasteiger partial charge in [0.1, 0.15) is 5.75 Å². The fourth-order valence-corrected chi connectivity index (χ4v) is 2.24. The molecule has 0 radical (unpaired) electrons. The maximum atomic E-state index is 11.5. The summed E-state index contributed by atoms with van der Waals surface area (Å²) in [6.07, 6.45) is 2.25. The molecule has 1 aromatic rings. The first kappa shape index (κ1) is 11.1. The van der Waals surface area contributed by atoms with Crippen molar-refractivity contribution in [2.75, 3.05) is 5.32 Å². The first-order chi connectivity index (χ1) is 8.62. The second-order valence-corrected chi connectivity index (χ2v) is 5.15. The summed E-state index contributed by atoms with van der Waals surface area (Å²) in [5, 5.41) is 11.9. The lowest BCUT2D eigenvalue weighted by Gasteiger charge is -2.23. The summed E-state index contributed by atoms with van der Waals surface area (Å²) >= 11 is 0. The molecule has 3 rings (SSSR count). The maximum Gasteiger partial charge on any atom is 0.265 e. The van der Waals surface area contributed by atoms with Gasteiger partial charge in [0.15, 0.2) is 6.10 Å². The average Bonchev–Trinajstić information content (AvgIpc) is 3.12. The molecule has 1 amide bonds. The van der Waals surface area contributed by atoms with Crippen LogP contribution in [0, 0.1) is 16.7 Å². The van der Waals surface area contributed by atoms with Gasteiger partial charge in [-0.1, -0.05) is 6.07 Å². The molecule has 0 aromatic heterocycles. The molecule has 0 spiro atoms. The SMILES string of the molecule is CC1Oc2ccc(CC3(C#N)CC3)cc2NC1=O. The van der Waals surface area contributed by atoms with Crippen LogP contribution in [0.2, 0.25) is 0 Å². The number of nitrogens with zero attached hydrogens (tertiary/aromatic N) is 1. The summed E-state index contributed by atoms with van der Waals surface area (Å²) in [6.45, 7) is 1.72. The minimum Gasteiger partial charge on any atom is -0.479 e. The van der Waals surface area contributed by atoms with E-state index in [0.717, 1.165) is 24.8 Å². The number of ether oxygens (including phenoxy) is 1. The molecule has 4 nitrogen and oxygen atoms in total. The average molecular weight is 242 g/mol. The summed E-state index contributed by atoms with van der Waals surface area (Å²) in [4.78, 5) is 11.5. The Bertz CT molecular complexity index is 555. The van der Waals surface area contributed by atoms with Crippen LogP contribution in [0.15, 0.2) is 18.2 Å². The zero-order chi connectivity index (χ0) is 12.8. The van der Waals surface area contributed by atoms with Crippen molar-refractivity contribution in [3.05, 3.63) is 23.8 Å². The van der Waals surface area contributed by atoms with Crippen molar-refractivity contribution in [2.45, 2.75) is 32.3 Å². The molecule has 0 bridgehead atoms. The maximum absolute atomic E-state index is 11.5. The number of nitrogens with one attached hydrogen (secondary N) is 1. The van der Waals surface area contributed by atoms with Crippen LogP contribution in [0.3, 0.4) is 0 Å². The lowest BCUT2D eigenvalue weighted by molar-refractivity contribution is -0.122. The van der Waals surface area contributed by atoms with E-state index in [2.05, 4.69) is 11.4 Å². The van der Waals surface area contributed by atoms with Gasteiger partial charge in [0.2, 0.25) is 0 Å². The molecule has 1 atom stereocenters. The van der Waals surface area contributed by atoms with E-state index in [1.807, 2.05) is 18.2 Å². The molecule has 18 heavy (non-hydrogen) atoms. The Morgan fingerprint density at radius 2 is 2.33 bits per heavy atom. The number of benzene rings is 1. The van der Waals surface area contributed by atoms with Crippen LogP contribution in [-0.4, -0.2) is 12.0 Å². The monoisotopic (exact) mass is 242 g/mol. The fraction of sp³-hybridized carbons (Fsp3) is 0.429. The van der Waals surface area contributed by atoms with Crippen molar-refractivity contribution in [1.82, 2.24) is 0 Å². The van der Waals surface area contributed by atoms with Crippen molar-refractivity contribution in [1.29, 1.82) is 5.26 Å². The van der Waals surface area contributed by atoms with Gasteiger partial charge in [0.05, 0.1) is 17.2 Å². The van der Waals surface area contributed by atoms with Gasteiger partial charge >= 0.3 is 0 Å². The lowest BCUT2D eigenvalue weighted by atomic mass is 9.97. The molecule has 4 heteroatoms. The molecule has 1 aromatic carbocycles. The minimum absolute atomic E-state index is 0.124. The van der Waals surface area contributed by atoms with Gasteiger partial charge in [-0.15, -0.1) is 0 Å². The van der Waals surface area contributed by atoms with Crippen LogP contribution in [0.1, 0.15) is 25.3 Å². The zero-order valence-electron chi connectivity index (χ0n) is 10.2. The Kier molecular flexibility index (Phi) is 2.30. The summed E-state index contributed by atoms with van der Waals surface area (Å²) in [6, 6.07) is 8.13. The van der Waals surface area contributed by atoms with E-state index in [4.69, 9.17) is 10.00 Å². The second-order valence-electron chi connectivity index (χ2n) is 5.15. The Morgan fingerprint density at radius 1 is 1.56 bits per heavy atom. The number of anilines is 1. The molecule has 1 N–H and O–H groups in total. The van der Waals surface area contributed by atoms with Crippen molar-refractivity contribution in [3.8, 4) is 11.8 Å². The number of rotatable bonds is 2. The van der Waals surface area contributed by atoms with E-state index in [1.54, 1.807) is 6.92 Å². The Hall–Kier alpha value is -2.02. The normalized spacial score (nSPS) is 23.3. The van der Waals surface area contributed by atoms with Crippen LogP contribution in [0.4, 0.5) is 5.69 Å². The third-order valence-corrected chi connectivity index (χ3v) is 3.61. The van der Waals surface area contributed by atoms with Crippen LogP contribution in [0.25, 0.3) is 0 Å². The van der Waals surface area contributed by atoms with Crippen molar-refractivity contribution in [3.63, 3.8) is 0 Å². The molecular formula is C14H14N2O2. The van der Waals surface area contributed by atoms with E-state index in [1.165, 1.54) is 0 Å². The number of hydrogen-bond acceptors (Lipinski definition) is 3. The van der Waals surface area contributed by atoms with Gasteiger partial charge in [0, 0.05) is 0 Å². The molecule has 1 aliphatic carbocycles. The Morgan fingerprint density at radius 3 is 3.00 bits per heavy atom. The first-order valence-corrected chi connectivity index (χ1v) is 6.14. The van der Waals surface area contributed by atoms with E-state index < -0.39 is 6.10 Å². The highest BCUT2D eigenvalue weighted by molar-refractivity contribution is 5.97. The fourth-order valence-electron chi connectivity index (χ4n) is 2.24. The third-order valence-electron chi connectivity index (χ3n) is 3.61. The van der Waals surface area contributed by atoms with E-state index in [0.29, 0.717) is 11.4 Å². The molecule has 1 aliphatic heterocycles. The quantitative estimate of drug-likeness (QED) is 0.865. The predicted molar refractivity (Wildman–Crippen MR) is 66.1 cm³/mol. The number of nitriles is 1. The van der Waals surface area contributed by atoms with Crippen molar-refractivity contribution in [2.24, 2.45) is 5.41 Å². The summed E-state index contributed by atoms with van der Waals surface area (Å²) in [5.74, 6) is 0.578. The standard InChI is InChI=1S/C14H14N2O2/c1-9-13(17)16-11-6-10(2-3-12(11)18-9)7-14(8-15)4-5-14/h2-3,6,9H,4-5,7H2,1H3,(H,16,17). The first-order valence-electron chi connectivity index (χ1n) is 6.14. The topological polar surface area (TPSA) is 62.1 Å². The summed E-state index contributed by atoms with van der Waals surface area (Å²) < 4.78 is 5.49. The van der Waals surface area contributed by atoms with Crippen LogP contribution in [0.5, 0.6) is 5.75 Å². The largest absolute Gasteiger partial charge is 0.479 e. The smallest absolute Gasteiger partial charge is 0.265 e. The highest BCUT2D eigenvalue weighted by Gasteiger charge is 2.43. The van der Waals surface area contributed by atoms with Gasteiger partial charge < -0.3 is 10.1 Å². The molecule has 1 fully saturated rings. The highest BCUT2D eigenvalue weighted by Crippen LogP contribution is 2.48. The molecule has 1 unspecified atom stereocenters. The number of amides is 1. The Balaban J connectivity index is 1.86. The Labute approximate surface area is 106 Å². The van der Waals surface area contributed by atoms with E-state index in [-0.39, 0.29) is 11.3 Å². The number of fused-ring (bicyclic) bond motifs is 1.